The number of hydrogen-bond acceptors (Lipinski definition) is 6. The van der Waals surface area contributed by atoms with E-state index in [2.05, 4.69) is 30.5 Å². The van der Waals surface area contributed by atoms with Gasteiger partial charge in [0.25, 0.3) is 5.91 Å². The molecular weight excluding hydrogens is 296 g/mol. The lowest BCUT2D eigenvalue weighted by atomic mass is 10.3. The lowest BCUT2D eigenvalue weighted by Gasteiger charge is -2.03. The van der Waals surface area contributed by atoms with E-state index >= 15 is 0 Å². The largest absolute Gasteiger partial charge is 0.494 e. The van der Waals surface area contributed by atoms with Crippen molar-refractivity contribution in [3.05, 3.63) is 54.2 Å². The Morgan fingerprint density at radius 1 is 1.22 bits per heavy atom. The number of carbonyl (C=O) groups excluding carboxylic acids is 1. The van der Waals surface area contributed by atoms with Gasteiger partial charge in [0.1, 0.15) is 17.3 Å². The zero-order valence-electron chi connectivity index (χ0n) is 12.4. The summed E-state index contributed by atoms with van der Waals surface area (Å²) < 4.78 is 5.23. The first-order valence-electron chi connectivity index (χ1n) is 6.88. The van der Waals surface area contributed by atoms with Gasteiger partial charge in [-0.3, -0.25) is 14.9 Å². The van der Waals surface area contributed by atoms with Gasteiger partial charge in [0.15, 0.2) is 5.69 Å². The van der Waals surface area contributed by atoms with Crippen molar-refractivity contribution < 1.29 is 9.53 Å². The molecule has 0 saturated carbocycles. The Labute approximate surface area is 132 Å². The predicted octanol–water partition coefficient (Wildman–Crippen LogP) is 1.20. The minimum Gasteiger partial charge on any atom is -0.494 e. The number of methoxy groups -OCH3 is 1. The molecule has 8 heteroatoms. The summed E-state index contributed by atoms with van der Waals surface area (Å²) in [5.41, 5.74) is 0.882. The summed E-state index contributed by atoms with van der Waals surface area (Å²) in [5, 5.41) is 9.59. The van der Waals surface area contributed by atoms with Crippen LogP contribution in [0.5, 0.6) is 5.75 Å². The number of pyridine rings is 2. The quantitative estimate of drug-likeness (QED) is 0.733. The van der Waals surface area contributed by atoms with Crippen LogP contribution in [0.15, 0.2) is 42.7 Å². The number of rotatable bonds is 5. The number of H-pyrrole nitrogens is 1. The fourth-order valence-corrected chi connectivity index (χ4v) is 1.96. The second kappa shape index (κ2) is 6.65. The van der Waals surface area contributed by atoms with Crippen LogP contribution in [0.3, 0.4) is 0 Å². The van der Waals surface area contributed by atoms with Crippen LogP contribution >= 0.6 is 0 Å². The number of aromatic amines is 1. The van der Waals surface area contributed by atoms with E-state index in [0.717, 1.165) is 0 Å². The average molecular weight is 310 g/mol. The maximum atomic E-state index is 11.9. The van der Waals surface area contributed by atoms with E-state index < -0.39 is 0 Å². The van der Waals surface area contributed by atoms with Gasteiger partial charge in [-0.25, -0.2) is 9.97 Å². The molecule has 0 fully saturated rings. The van der Waals surface area contributed by atoms with Crippen molar-refractivity contribution in [2.75, 3.05) is 7.11 Å². The van der Waals surface area contributed by atoms with Crippen LogP contribution in [0.2, 0.25) is 0 Å². The van der Waals surface area contributed by atoms with E-state index in [-0.39, 0.29) is 12.5 Å². The highest BCUT2D eigenvalue weighted by Gasteiger charge is 2.13. The molecule has 0 aromatic carbocycles. The van der Waals surface area contributed by atoms with Crippen LogP contribution in [0.4, 0.5) is 0 Å². The van der Waals surface area contributed by atoms with Gasteiger partial charge in [0, 0.05) is 12.4 Å². The number of aromatic nitrogens is 5. The van der Waals surface area contributed by atoms with Gasteiger partial charge in [-0.2, -0.15) is 5.10 Å². The van der Waals surface area contributed by atoms with Crippen molar-refractivity contribution in [3.63, 3.8) is 0 Å². The van der Waals surface area contributed by atoms with E-state index in [1.54, 1.807) is 49.8 Å². The molecule has 3 rings (SSSR count). The second-order valence-electron chi connectivity index (χ2n) is 4.56. The molecule has 0 unspecified atom stereocenters. The molecule has 8 nitrogen and oxygen atoms in total. The Bertz CT molecular complexity index is 802. The molecule has 3 aromatic rings. The average Bonchev–Trinajstić information content (AvgIpc) is 3.09. The summed E-state index contributed by atoms with van der Waals surface area (Å²) in [7, 11) is 1.56. The van der Waals surface area contributed by atoms with Crippen molar-refractivity contribution in [2.24, 2.45) is 0 Å². The van der Waals surface area contributed by atoms with Crippen molar-refractivity contribution in [2.45, 2.75) is 6.54 Å². The number of amides is 1. The van der Waals surface area contributed by atoms with E-state index in [0.29, 0.717) is 28.8 Å². The van der Waals surface area contributed by atoms with Crippen LogP contribution in [0, 0.1) is 0 Å². The zero-order chi connectivity index (χ0) is 16.1. The molecule has 0 saturated heterocycles. The Morgan fingerprint density at radius 3 is 2.87 bits per heavy atom. The number of ether oxygens (including phenoxy) is 1. The van der Waals surface area contributed by atoms with Gasteiger partial charge in [0.05, 0.1) is 13.7 Å². The molecule has 3 aromatic heterocycles. The molecule has 0 aliphatic rings. The summed E-state index contributed by atoms with van der Waals surface area (Å²) in [5.74, 6) is 1.22. The lowest BCUT2D eigenvalue weighted by molar-refractivity contribution is 0.0945. The molecule has 23 heavy (non-hydrogen) atoms. The van der Waals surface area contributed by atoms with Crippen LogP contribution in [0.25, 0.3) is 11.5 Å². The molecule has 0 atom stereocenters. The van der Waals surface area contributed by atoms with Crippen LogP contribution in [0.1, 0.15) is 16.3 Å². The molecule has 3 heterocycles. The first-order valence-corrected chi connectivity index (χ1v) is 6.88. The SMILES string of the molecule is COc1cccnc1-c1n[nH]c(CNC(=O)c2ccccn2)n1. The van der Waals surface area contributed by atoms with E-state index in [1.807, 2.05) is 0 Å². The number of carbonyl (C=O) groups is 1. The van der Waals surface area contributed by atoms with Crippen molar-refractivity contribution in [1.29, 1.82) is 0 Å². The topological polar surface area (TPSA) is 106 Å². The van der Waals surface area contributed by atoms with Crippen molar-refractivity contribution >= 4 is 5.91 Å². The van der Waals surface area contributed by atoms with Gasteiger partial charge >= 0.3 is 0 Å². The lowest BCUT2D eigenvalue weighted by Crippen LogP contribution is -2.24. The second-order valence-corrected chi connectivity index (χ2v) is 4.56. The highest BCUT2D eigenvalue weighted by atomic mass is 16.5. The van der Waals surface area contributed by atoms with Gasteiger partial charge in [-0.1, -0.05) is 6.07 Å². The summed E-state index contributed by atoms with van der Waals surface area (Å²) in [6, 6.07) is 8.69. The first kappa shape index (κ1) is 14.6. The Balaban J connectivity index is 1.69. The highest BCUT2D eigenvalue weighted by Crippen LogP contribution is 2.23. The number of nitrogens with one attached hydrogen (secondary N) is 2. The predicted molar refractivity (Wildman–Crippen MR) is 81.6 cm³/mol. The molecule has 0 aliphatic carbocycles. The van der Waals surface area contributed by atoms with E-state index in [9.17, 15) is 4.79 Å². The summed E-state index contributed by atoms with van der Waals surface area (Å²) in [4.78, 5) is 24.4. The van der Waals surface area contributed by atoms with Gasteiger partial charge in [-0.15, -0.1) is 0 Å². The van der Waals surface area contributed by atoms with Crippen LogP contribution < -0.4 is 10.1 Å². The third kappa shape index (κ3) is 3.31. The third-order valence-corrected chi connectivity index (χ3v) is 3.05. The van der Waals surface area contributed by atoms with E-state index in [4.69, 9.17) is 4.74 Å². The standard InChI is InChI=1S/C15H14N6O2/c1-23-11-6-4-8-17-13(11)14-19-12(20-21-14)9-18-15(22)10-5-2-3-7-16-10/h2-8H,9H2,1H3,(H,18,22)(H,19,20,21). The van der Waals surface area contributed by atoms with Crippen molar-refractivity contribution in [3.8, 4) is 17.3 Å². The van der Waals surface area contributed by atoms with Gasteiger partial charge < -0.3 is 10.1 Å². The smallest absolute Gasteiger partial charge is 0.270 e. The van der Waals surface area contributed by atoms with Crippen LogP contribution in [-0.2, 0) is 6.54 Å². The minimum atomic E-state index is -0.279. The third-order valence-electron chi connectivity index (χ3n) is 3.05. The Kier molecular flexibility index (Phi) is 4.23. The monoisotopic (exact) mass is 310 g/mol. The zero-order valence-corrected chi connectivity index (χ0v) is 12.4. The Morgan fingerprint density at radius 2 is 2.09 bits per heavy atom. The maximum Gasteiger partial charge on any atom is 0.270 e. The fraction of sp³-hybridized carbons (Fsp3) is 0.133. The molecule has 0 spiro atoms. The van der Waals surface area contributed by atoms with Gasteiger partial charge in [-0.05, 0) is 24.3 Å². The first-order chi connectivity index (χ1) is 11.3. The van der Waals surface area contributed by atoms with E-state index in [1.165, 1.54) is 0 Å². The molecule has 1 amide bonds. The summed E-state index contributed by atoms with van der Waals surface area (Å²) in [6.45, 7) is 0.206. The summed E-state index contributed by atoms with van der Waals surface area (Å²) >= 11 is 0. The molecule has 0 aliphatic heterocycles. The molecular formula is C15H14N6O2. The maximum absolute atomic E-state index is 11.9. The minimum absolute atomic E-state index is 0.206. The van der Waals surface area contributed by atoms with Crippen molar-refractivity contribution in [1.82, 2.24) is 30.5 Å². The highest BCUT2D eigenvalue weighted by molar-refractivity contribution is 5.92. The molecule has 0 bridgehead atoms. The van der Waals surface area contributed by atoms with Gasteiger partial charge in [0.2, 0.25) is 5.82 Å². The number of hydrogen-bond donors (Lipinski definition) is 2. The summed E-state index contributed by atoms with van der Waals surface area (Å²) in [6.07, 6.45) is 3.20. The molecule has 0 radical (unpaired) electrons. The Hall–Kier alpha value is -3.29. The normalized spacial score (nSPS) is 10.3. The molecule has 2 N–H and O–H groups in total. The number of nitrogens with zero attached hydrogens (tertiary/aromatic N) is 4. The van der Waals surface area contributed by atoms with Crippen LogP contribution in [-0.4, -0.2) is 38.2 Å². The molecule has 116 valence electrons. The fourth-order valence-electron chi connectivity index (χ4n) is 1.96.